The topological polar surface area (TPSA) is 59.4 Å². The van der Waals surface area contributed by atoms with Crippen molar-refractivity contribution < 1.29 is 14.6 Å². The molecule has 0 aliphatic carbocycles. The molecule has 2 heterocycles. The molecule has 0 bridgehead atoms. The van der Waals surface area contributed by atoms with Gasteiger partial charge >= 0.3 is 5.97 Å². The van der Waals surface area contributed by atoms with Crippen LogP contribution in [0.2, 0.25) is 0 Å². The third-order valence-electron chi connectivity index (χ3n) is 2.82. The summed E-state index contributed by atoms with van der Waals surface area (Å²) in [6, 6.07) is 13.1. The number of ether oxygens (including phenoxy) is 1. The number of aromatic nitrogens is 1. The van der Waals surface area contributed by atoms with E-state index in [4.69, 9.17) is 9.84 Å². The van der Waals surface area contributed by atoms with Gasteiger partial charge in [-0.15, -0.1) is 11.3 Å². The molecule has 0 saturated heterocycles. The van der Waals surface area contributed by atoms with Crippen LogP contribution in [-0.2, 0) is 6.61 Å². The van der Waals surface area contributed by atoms with Gasteiger partial charge in [0, 0.05) is 10.3 Å². The van der Waals surface area contributed by atoms with Crippen LogP contribution in [-0.4, -0.2) is 16.1 Å². The minimum Gasteiger partial charge on any atom is -0.486 e. The highest BCUT2D eigenvalue weighted by atomic mass is 32.1. The summed E-state index contributed by atoms with van der Waals surface area (Å²) >= 11 is 1.22. The summed E-state index contributed by atoms with van der Waals surface area (Å²) in [4.78, 5) is 16.3. The highest BCUT2D eigenvalue weighted by molar-refractivity contribution is 7.13. The van der Waals surface area contributed by atoms with E-state index in [1.807, 2.05) is 30.3 Å². The Labute approximate surface area is 119 Å². The van der Waals surface area contributed by atoms with Crippen molar-refractivity contribution in [3.8, 4) is 5.75 Å². The predicted octanol–water partition coefficient (Wildman–Crippen LogP) is 3.57. The van der Waals surface area contributed by atoms with E-state index in [1.165, 1.54) is 11.3 Å². The first-order valence-electron chi connectivity index (χ1n) is 6.02. The third kappa shape index (κ3) is 2.62. The van der Waals surface area contributed by atoms with Crippen LogP contribution >= 0.6 is 11.3 Å². The minimum absolute atomic E-state index is 0.320. The molecular weight excluding hydrogens is 274 g/mol. The number of nitrogens with zero attached hydrogens (tertiary/aromatic N) is 1. The SMILES string of the molecule is O=C(O)c1ccc(COc2cnc3ccccc3c2)s1. The monoisotopic (exact) mass is 285 g/mol. The summed E-state index contributed by atoms with van der Waals surface area (Å²) in [5.41, 5.74) is 0.920. The number of benzene rings is 1. The molecule has 4 nitrogen and oxygen atoms in total. The number of thiophene rings is 1. The molecule has 0 aliphatic rings. The summed E-state index contributed by atoms with van der Waals surface area (Å²) in [6.45, 7) is 0.345. The number of carboxylic acid groups (broad SMARTS) is 1. The van der Waals surface area contributed by atoms with Crippen molar-refractivity contribution in [3.05, 3.63) is 58.4 Å². The highest BCUT2D eigenvalue weighted by Gasteiger charge is 2.07. The molecule has 100 valence electrons. The van der Waals surface area contributed by atoms with Crippen LogP contribution < -0.4 is 4.74 Å². The van der Waals surface area contributed by atoms with E-state index in [0.717, 1.165) is 15.8 Å². The van der Waals surface area contributed by atoms with Gasteiger partial charge < -0.3 is 9.84 Å². The lowest BCUT2D eigenvalue weighted by atomic mass is 10.2. The van der Waals surface area contributed by atoms with Gasteiger partial charge in [0.05, 0.1) is 11.7 Å². The second-order valence-electron chi connectivity index (χ2n) is 4.22. The molecule has 2 aromatic heterocycles. The molecule has 0 spiro atoms. The maximum atomic E-state index is 10.8. The van der Waals surface area contributed by atoms with Crippen LogP contribution in [0.4, 0.5) is 0 Å². The molecule has 20 heavy (non-hydrogen) atoms. The van der Waals surface area contributed by atoms with Crippen molar-refractivity contribution in [1.82, 2.24) is 4.98 Å². The van der Waals surface area contributed by atoms with Crippen LogP contribution in [0.5, 0.6) is 5.75 Å². The molecule has 0 unspecified atom stereocenters. The van der Waals surface area contributed by atoms with Gasteiger partial charge in [0.25, 0.3) is 0 Å². The Morgan fingerprint density at radius 1 is 1.25 bits per heavy atom. The molecule has 0 saturated carbocycles. The van der Waals surface area contributed by atoms with E-state index < -0.39 is 5.97 Å². The summed E-state index contributed by atoms with van der Waals surface area (Å²) in [5, 5.41) is 9.88. The zero-order valence-corrected chi connectivity index (χ0v) is 11.3. The van der Waals surface area contributed by atoms with Crippen molar-refractivity contribution in [2.75, 3.05) is 0 Å². The van der Waals surface area contributed by atoms with Crippen molar-refractivity contribution >= 4 is 28.2 Å². The Hall–Kier alpha value is -2.40. The van der Waals surface area contributed by atoms with Gasteiger partial charge in [0.1, 0.15) is 17.2 Å². The van der Waals surface area contributed by atoms with Gasteiger partial charge in [-0.1, -0.05) is 18.2 Å². The number of hydrogen-bond acceptors (Lipinski definition) is 4. The van der Waals surface area contributed by atoms with Gasteiger partial charge in [0.2, 0.25) is 0 Å². The van der Waals surface area contributed by atoms with Crippen LogP contribution in [0.15, 0.2) is 48.7 Å². The van der Waals surface area contributed by atoms with Crippen molar-refractivity contribution in [2.45, 2.75) is 6.61 Å². The quantitative estimate of drug-likeness (QED) is 0.796. The fourth-order valence-corrected chi connectivity index (χ4v) is 2.61. The lowest BCUT2D eigenvalue weighted by molar-refractivity contribution is 0.0702. The second kappa shape index (κ2) is 5.30. The third-order valence-corrected chi connectivity index (χ3v) is 3.87. The number of carboxylic acids is 1. The number of aromatic carboxylic acids is 1. The summed E-state index contributed by atoms with van der Waals surface area (Å²) < 4.78 is 5.65. The average molecular weight is 285 g/mol. The molecular formula is C15H11NO3S. The predicted molar refractivity (Wildman–Crippen MR) is 77.4 cm³/mol. The number of para-hydroxylation sites is 1. The van der Waals surface area contributed by atoms with E-state index in [2.05, 4.69) is 4.98 Å². The normalized spacial score (nSPS) is 10.6. The lowest BCUT2D eigenvalue weighted by Crippen LogP contribution is -1.94. The zero-order valence-electron chi connectivity index (χ0n) is 10.4. The number of pyridine rings is 1. The molecule has 1 aromatic carbocycles. The average Bonchev–Trinajstić information content (AvgIpc) is 2.94. The molecule has 0 aliphatic heterocycles. The molecule has 0 atom stereocenters. The van der Waals surface area contributed by atoms with Gasteiger partial charge in [-0.25, -0.2) is 4.79 Å². The van der Waals surface area contributed by atoms with Crippen LogP contribution in [0.1, 0.15) is 14.5 Å². The van der Waals surface area contributed by atoms with Crippen molar-refractivity contribution in [2.24, 2.45) is 0 Å². The van der Waals surface area contributed by atoms with Gasteiger partial charge in [-0.05, 0) is 24.3 Å². The van der Waals surface area contributed by atoms with Crippen LogP contribution in [0, 0.1) is 0 Å². The molecule has 0 amide bonds. The van der Waals surface area contributed by atoms with Gasteiger partial charge in [0.15, 0.2) is 0 Å². The summed E-state index contributed by atoms with van der Waals surface area (Å²) in [7, 11) is 0. The first-order valence-corrected chi connectivity index (χ1v) is 6.83. The number of carbonyl (C=O) groups is 1. The second-order valence-corrected chi connectivity index (χ2v) is 5.39. The summed E-state index contributed by atoms with van der Waals surface area (Å²) in [6.07, 6.45) is 1.67. The standard InChI is InChI=1S/C15H11NO3S/c17-15(18)14-6-5-12(20-14)9-19-11-7-10-3-1-2-4-13(10)16-8-11/h1-8H,9H2,(H,17,18). The van der Waals surface area contributed by atoms with E-state index in [9.17, 15) is 4.79 Å². The van der Waals surface area contributed by atoms with Gasteiger partial charge in [-0.3, -0.25) is 4.98 Å². The largest absolute Gasteiger partial charge is 0.486 e. The summed E-state index contributed by atoms with van der Waals surface area (Å²) in [5.74, 6) is -0.234. The number of hydrogen-bond donors (Lipinski definition) is 1. The zero-order chi connectivity index (χ0) is 13.9. The molecule has 1 N–H and O–H groups in total. The van der Waals surface area contributed by atoms with Crippen molar-refractivity contribution in [3.63, 3.8) is 0 Å². The van der Waals surface area contributed by atoms with E-state index >= 15 is 0 Å². The number of fused-ring (bicyclic) bond motifs is 1. The Kier molecular flexibility index (Phi) is 3.35. The fraction of sp³-hybridized carbons (Fsp3) is 0.0667. The smallest absolute Gasteiger partial charge is 0.345 e. The Bertz CT molecular complexity index is 766. The fourth-order valence-electron chi connectivity index (χ4n) is 1.85. The highest BCUT2D eigenvalue weighted by Crippen LogP contribution is 2.21. The van der Waals surface area contributed by atoms with Crippen LogP contribution in [0.25, 0.3) is 10.9 Å². The molecule has 0 fully saturated rings. The molecule has 3 aromatic rings. The maximum Gasteiger partial charge on any atom is 0.345 e. The van der Waals surface area contributed by atoms with Gasteiger partial charge in [-0.2, -0.15) is 0 Å². The first kappa shape index (κ1) is 12.6. The van der Waals surface area contributed by atoms with E-state index in [0.29, 0.717) is 17.2 Å². The first-order chi connectivity index (χ1) is 9.72. The Balaban J connectivity index is 1.74. The Morgan fingerprint density at radius 3 is 2.90 bits per heavy atom. The maximum absolute atomic E-state index is 10.8. The van der Waals surface area contributed by atoms with Crippen LogP contribution in [0.3, 0.4) is 0 Å². The van der Waals surface area contributed by atoms with E-state index in [1.54, 1.807) is 18.3 Å². The molecule has 0 radical (unpaired) electrons. The molecule has 5 heteroatoms. The molecule has 3 rings (SSSR count). The Morgan fingerprint density at radius 2 is 2.10 bits per heavy atom. The van der Waals surface area contributed by atoms with E-state index in [-0.39, 0.29) is 0 Å². The lowest BCUT2D eigenvalue weighted by Gasteiger charge is -2.05. The van der Waals surface area contributed by atoms with Crippen molar-refractivity contribution in [1.29, 1.82) is 0 Å². The number of rotatable bonds is 4. The minimum atomic E-state index is -0.909.